The molecule has 4 aromatic rings. The molecule has 0 fully saturated rings. The van der Waals surface area contributed by atoms with Crippen LogP contribution in [0.1, 0.15) is 9.67 Å². The lowest BCUT2D eigenvalue weighted by Crippen LogP contribution is -1.97. The van der Waals surface area contributed by atoms with E-state index in [1.807, 2.05) is 59.1 Å². The highest BCUT2D eigenvalue weighted by atomic mass is 32.1. The van der Waals surface area contributed by atoms with Gasteiger partial charge in [-0.05, 0) is 18.2 Å². The van der Waals surface area contributed by atoms with Crippen molar-refractivity contribution < 1.29 is 19.4 Å². The molecule has 0 unspecified atom stereocenters. The summed E-state index contributed by atoms with van der Waals surface area (Å²) in [4.78, 5) is 17.2. The zero-order valence-corrected chi connectivity index (χ0v) is 15.5. The van der Waals surface area contributed by atoms with Gasteiger partial charge in [-0.25, -0.2) is 9.78 Å². The molecule has 0 radical (unpaired) electrons. The van der Waals surface area contributed by atoms with Gasteiger partial charge >= 0.3 is 5.97 Å². The second-order valence-corrected chi connectivity index (χ2v) is 6.78. The van der Waals surface area contributed by atoms with E-state index in [0.717, 1.165) is 28.2 Å². The second kappa shape index (κ2) is 6.77. The van der Waals surface area contributed by atoms with Crippen molar-refractivity contribution in [2.24, 2.45) is 0 Å². The summed E-state index contributed by atoms with van der Waals surface area (Å²) >= 11 is 1.16. The monoisotopic (exact) mass is 380 g/mol. The van der Waals surface area contributed by atoms with Crippen LogP contribution in [0.3, 0.4) is 0 Å². The van der Waals surface area contributed by atoms with Crippen LogP contribution in [0.25, 0.3) is 27.5 Å². The first kappa shape index (κ1) is 17.1. The Labute approximate surface area is 159 Å². The molecule has 6 nitrogen and oxygen atoms in total. The number of nitrogens with zero attached hydrogens (tertiary/aromatic N) is 2. The number of thiazole rings is 1. The molecular weight excluding hydrogens is 364 g/mol. The molecule has 0 atom stereocenters. The number of imidazole rings is 1. The Morgan fingerprint density at radius 2 is 1.78 bits per heavy atom. The van der Waals surface area contributed by atoms with Crippen LogP contribution in [0.5, 0.6) is 11.5 Å². The lowest BCUT2D eigenvalue weighted by Gasteiger charge is -2.08. The number of carboxylic acid groups (broad SMARTS) is 1. The van der Waals surface area contributed by atoms with Gasteiger partial charge in [0.15, 0.2) is 16.5 Å². The molecule has 2 aromatic heterocycles. The summed E-state index contributed by atoms with van der Waals surface area (Å²) in [5.41, 5.74) is 3.05. The highest BCUT2D eigenvalue weighted by molar-refractivity contribution is 7.19. The van der Waals surface area contributed by atoms with Crippen molar-refractivity contribution in [3.8, 4) is 34.0 Å². The van der Waals surface area contributed by atoms with E-state index in [0.29, 0.717) is 22.2 Å². The SMILES string of the molecule is COc1ccc(-c2cn3c(-c4ccccc4)c(C(=O)O)sc3n2)cc1OC. The van der Waals surface area contributed by atoms with Crippen LogP contribution in [0, 0.1) is 0 Å². The number of rotatable bonds is 5. The van der Waals surface area contributed by atoms with Gasteiger partial charge in [0, 0.05) is 17.3 Å². The molecular formula is C20H16N2O4S. The molecule has 0 spiro atoms. The summed E-state index contributed by atoms with van der Waals surface area (Å²) < 4.78 is 12.5. The summed E-state index contributed by atoms with van der Waals surface area (Å²) in [5.74, 6) is 0.290. The Hall–Kier alpha value is -3.32. The number of aromatic nitrogens is 2. The van der Waals surface area contributed by atoms with Crippen LogP contribution in [0.15, 0.2) is 54.7 Å². The minimum atomic E-state index is -0.961. The van der Waals surface area contributed by atoms with E-state index >= 15 is 0 Å². The van der Waals surface area contributed by atoms with E-state index in [4.69, 9.17) is 9.47 Å². The largest absolute Gasteiger partial charge is 0.493 e. The highest BCUT2D eigenvalue weighted by Crippen LogP contribution is 2.36. The molecule has 0 saturated heterocycles. The Morgan fingerprint density at radius 3 is 2.44 bits per heavy atom. The first-order chi connectivity index (χ1) is 13.1. The fourth-order valence-electron chi connectivity index (χ4n) is 2.99. The second-order valence-electron chi connectivity index (χ2n) is 5.80. The predicted molar refractivity (Wildman–Crippen MR) is 104 cm³/mol. The number of aromatic carboxylic acids is 1. The van der Waals surface area contributed by atoms with Crippen molar-refractivity contribution in [2.45, 2.75) is 0 Å². The normalized spacial score (nSPS) is 10.9. The zero-order valence-electron chi connectivity index (χ0n) is 14.7. The lowest BCUT2D eigenvalue weighted by molar-refractivity contribution is 0.0702. The number of ether oxygens (including phenoxy) is 2. The van der Waals surface area contributed by atoms with E-state index in [9.17, 15) is 9.90 Å². The highest BCUT2D eigenvalue weighted by Gasteiger charge is 2.21. The number of carbonyl (C=O) groups is 1. The maximum absolute atomic E-state index is 11.7. The minimum absolute atomic E-state index is 0.266. The Morgan fingerprint density at radius 1 is 1.04 bits per heavy atom. The molecule has 4 rings (SSSR count). The number of methoxy groups -OCH3 is 2. The standard InChI is InChI=1S/C20H16N2O4S/c1-25-15-9-8-13(10-16(15)26-2)14-11-22-17(12-6-4-3-5-7-12)18(19(23)24)27-20(22)21-14/h3-11H,1-2H3,(H,23,24). The van der Waals surface area contributed by atoms with E-state index in [1.54, 1.807) is 14.2 Å². The van der Waals surface area contributed by atoms with Gasteiger partial charge in [0.2, 0.25) is 0 Å². The maximum Gasteiger partial charge on any atom is 0.348 e. The molecule has 0 aliphatic rings. The third-order valence-corrected chi connectivity index (χ3v) is 5.29. The zero-order chi connectivity index (χ0) is 19.0. The number of fused-ring (bicyclic) bond motifs is 1. The topological polar surface area (TPSA) is 73.1 Å². The summed E-state index contributed by atoms with van der Waals surface area (Å²) in [6.45, 7) is 0. The Balaban J connectivity index is 1.89. The van der Waals surface area contributed by atoms with E-state index in [2.05, 4.69) is 4.98 Å². The van der Waals surface area contributed by atoms with Crippen molar-refractivity contribution >= 4 is 22.3 Å². The van der Waals surface area contributed by atoms with Crippen molar-refractivity contribution in [2.75, 3.05) is 14.2 Å². The van der Waals surface area contributed by atoms with Crippen molar-refractivity contribution in [1.82, 2.24) is 9.38 Å². The van der Waals surface area contributed by atoms with Crippen LogP contribution < -0.4 is 9.47 Å². The number of hydrogen-bond donors (Lipinski definition) is 1. The molecule has 1 N–H and O–H groups in total. The third-order valence-electron chi connectivity index (χ3n) is 4.24. The molecule has 2 aromatic carbocycles. The molecule has 0 bridgehead atoms. The van der Waals surface area contributed by atoms with Crippen LogP contribution in [0.2, 0.25) is 0 Å². The molecule has 2 heterocycles. The van der Waals surface area contributed by atoms with Crippen molar-refractivity contribution in [3.05, 3.63) is 59.6 Å². The van der Waals surface area contributed by atoms with Gasteiger partial charge in [-0.2, -0.15) is 0 Å². The average molecular weight is 380 g/mol. The fourth-order valence-corrected chi connectivity index (χ4v) is 3.96. The average Bonchev–Trinajstić information content (AvgIpc) is 3.26. The van der Waals surface area contributed by atoms with Gasteiger partial charge in [0.05, 0.1) is 25.6 Å². The quantitative estimate of drug-likeness (QED) is 0.554. The molecule has 0 aliphatic carbocycles. The van der Waals surface area contributed by atoms with Gasteiger partial charge in [0.1, 0.15) is 4.88 Å². The van der Waals surface area contributed by atoms with Crippen LogP contribution in [-0.4, -0.2) is 34.7 Å². The smallest absolute Gasteiger partial charge is 0.348 e. The molecule has 0 saturated carbocycles. The van der Waals surface area contributed by atoms with E-state index in [1.165, 1.54) is 0 Å². The molecule has 7 heteroatoms. The minimum Gasteiger partial charge on any atom is -0.493 e. The van der Waals surface area contributed by atoms with Gasteiger partial charge in [-0.1, -0.05) is 41.7 Å². The van der Waals surface area contributed by atoms with Crippen molar-refractivity contribution in [1.29, 1.82) is 0 Å². The third kappa shape index (κ3) is 2.92. The van der Waals surface area contributed by atoms with Crippen molar-refractivity contribution in [3.63, 3.8) is 0 Å². The lowest BCUT2D eigenvalue weighted by atomic mass is 10.1. The number of hydrogen-bond acceptors (Lipinski definition) is 5. The summed E-state index contributed by atoms with van der Waals surface area (Å²) in [7, 11) is 3.17. The number of benzene rings is 2. The molecule has 27 heavy (non-hydrogen) atoms. The number of carboxylic acids is 1. The Bertz CT molecular complexity index is 1130. The van der Waals surface area contributed by atoms with Crippen LogP contribution >= 0.6 is 11.3 Å². The summed E-state index contributed by atoms with van der Waals surface area (Å²) in [6, 6.07) is 15.0. The Kier molecular flexibility index (Phi) is 4.29. The fraction of sp³-hybridized carbons (Fsp3) is 0.100. The molecule has 0 aliphatic heterocycles. The van der Waals surface area contributed by atoms with Gasteiger partial charge < -0.3 is 14.6 Å². The van der Waals surface area contributed by atoms with Crippen LogP contribution in [-0.2, 0) is 0 Å². The molecule has 0 amide bonds. The van der Waals surface area contributed by atoms with Gasteiger partial charge in [-0.3, -0.25) is 4.40 Å². The predicted octanol–water partition coefficient (Wildman–Crippen LogP) is 4.45. The maximum atomic E-state index is 11.7. The van der Waals surface area contributed by atoms with Gasteiger partial charge in [0.25, 0.3) is 0 Å². The van der Waals surface area contributed by atoms with Gasteiger partial charge in [-0.15, -0.1) is 0 Å². The van der Waals surface area contributed by atoms with Crippen LogP contribution in [0.4, 0.5) is 0 Å². The summed E-state index contributed by atoms with van der Waals surface area (Å²) in [6.07, 6.45) is 1.85. The summed E-state index contributed by atoms with van der Waals surface area (Å²) in [5, 5.41) is 9.60. The first-order valence-corrected chi connectivity index (χ1v) is 8.97. The van der Waals surface area contributed by atoms with E-state index < -0.39 is 5.97 Å². The molecule has 136 valence electrons. The first-order valence-electron chi connectivity index (χ1n) is 8.15. The van der Waals surface area contributed by atoms with E-state index in [-0.39, 0.29) is 4.88 Å².